The van der Waals surface area contributed by atoms with Crippen molar-refractivity contribution < 1.29 is 0 Å². The monoisotopic (exact) mass is 218 g/mol. The Morgan fingerprint density at radius 3 is 2.31 bits per heavy atom. The molecule has 1 heterocycles. The molecule has 86 valence electrons. The molecule has 16 heavy (non-hydrogen) atoms. The van der Waals surface area contributed by atoms with E-state index in [1.807, 2.05) is 39.8 Å². The maximum absolute atomic E-state index is 11.3. The Kier molecular flexibility index (Phi) is 3.72. The fourth-order valence-electron chi connectivity index (χ4n) is 1.73. The van der Waals surface area contributed by atoms with Crippen LogP contribution in [0.4, 0.5) is 5.69 Å². The molecule has 0 aliphatic rings. The predicted molar refractivity (Wildman–Crippen MR) is 69.8 cm³/mol. The van der Waals surface area contributed by atoms with Gasteiger partial charge in [-0.15, -0.1) is 0 Å². The average Bonchev–Trinajstić information content (AvgIpc) is 2.23. The lowest BCUT2D eigenvalue weighted by molar-refractivity contribution is 1.26. The molecule has 0 atom stereocenters. The molecule has 0 fully saturated rings. The lowest BCUT2D eigenvalue weighted by Crippen LogP contribution is -2.06. The van der Waals surface area contributed by atoms with Gasteiger partial charge in [0, 0.05) is 17.1 Å². The number of hydrogen-bond donors (Lipinski definition) is 2. The number of nitrogens with one attached hydrogen (secondary N) is 1. The van der Waals surface area contributed by atoms with Gasteiger partial charge in [-0.3, -0.25) is 4.79 Å². The lowest BCUT2D eigenvalue weighted by Gasteiger charge is -2.05. The van der Waals surface area contributed by atoms with Gasteiger partial charge in [-0.05, 0) is 37.1 Å². The summed E-state index contributed by atoms with van der Waals surface area (Å²) in [6.07, 6.45) is 0. The molecule has 0 aliphatic heterocycles. The van der Waals surface area contributed by atoms with Crippen LogP contribution in [0.1, 0.15) is 25.0 Å². The molecule has 0 saturated carbocycles. The Labute approximate surface area is 95.3 Å². The Hall–Kier alpha value is -1.77. The Bertz CT molecular complexity index is 556. The first-order valence-electron chi connectivity index (χ1n) is 5.47. The number of anilines is 1. The molecule has 0 spiro atoms. The maximum atomic E-state index is 11.3. The van der Waals surface area contributed by atoms with Crippen molar-refractivity contribution in [2.75, 3.05) is 5.73 Å². The SMILES string of the molecule is CC.Cc1cc(=O)[nH]c2c(C)cc(N)cc12. The number of hydrogen-bond acceptors (Lipinski definition) is 2. The maximum Gasteiger partial charge on any atom is 0.248 e. The van der Waals surface area contributed by atoms with E-state index in [4.69, 9.17) is 5.73 Å². The summed E-state index contributed by atoms with van der Waals surface area (Å²) in [6, 6.07) is 5.33. The van der Waals surface area contributed by atoms with Crippen molar-refractivity contribution >= 4 is 16.6 Å². The van der Waals surface area contributed by atoms with Crippen LogP contribution >= 0.6 is 0 Å². The molecule has 0 unspecified atom stereocenters. The van der Waals surface area contributed by atoms with Gasteiger partial charge in [-0.1, -0.05) is 13.8 Å². The minimum atomic E-state index is -0.0668. The summed E-state index contributed by atoms with van der Waals surface area (Å²) < 4.78 is 0. The highest BCUT2D eigenvalue weighted by atomic mass is 16.1. The highest BCUT2D eigenvalue weighted by Gasteiger charge is 2.03. The molecule has 0 radical (unpaired) electrons. The lowest BCUT2D eigenvalue weighted by atomic mass is 10.1. The van der Waals surface area contributed by atoms with E-state index in [1.54, 1.807) is 6.07 Å². The van der Waals surface area contributed by atoms with Gasteiger partial charge in [0.05, 0.1) is 5.52 Å². The average molecular weight is 218 g/mol. The van der Waals surface area contributed by atoms with Crippen molar-refractivity contribution in [3.63, 3.8) is 0 Å². The molecule has 1 aromatic carbocycles. The van der Waals surface area contributed by atoms with Crippen molar-refractivity contribution in [1.82, 2.24) is 4.98 Å². The van der Waals surface area contributed by atoms with Gasteiger partial charge in [0.1, 0.15) is 0 Å². The zero-order chi connectivity index (χ0) is 12.3. The molecule has 0 aliphatic carbocycles. The fraction of sp³-hybridized carbons (Fsp3) is 0.308. The van der Waals surface area contributed by atoms with Crippen LogP contribution in [0.3, 0.4) is 0 Å². The molecule has 1 aromatic heterocycles. The van der Waals surface area contributed by atoms with Gasteiger partial charge in [0.15, 0.2) is 0 Å². The molecular weight excluding hydrogens is 200 g/mol. The first-order chi connectivity index (χ1) is 7.58. The first kappa shape index (κ1) is 12.3. The van der Waals surface area contributed by atoms with Crippen LogP contribution < -0.4 is 11.3 Å². The summed E-state index contributed by atoms with van der Waals surface area (Å²) in [5.41, 5.74) is 9.24. The van der Waals surface area contributed by atoms with E-state index < -0.39 is 0 Å². The zero-order valence-electron chi connectivity index (χ0n) is 10.2. The number of nitrogens with two attached hydrogens (primary N) is 1. The zero-order valence-corrected chi connectivity index (χ0v) is 10.2. The largest absolute Gasteiger partial charge is 0.399 e. The number of aryl methyl sites for hydroxylation is 2. The Morgan fingerprint density at radius 1 is 1.06 bits per heavy atom. The molecule has 2 rings (SSSR count). The summed E-state index contributed by atoms with van der Waals surface area (Å²) in [4.78, 5) is 14.1. The molecule has 3 nitrogen and oxygen atoms in total. The van der Waals surface area contributed by atoms with Crippen LogP contribution in [-0.2, 0) is 0 Å². The van der Waals surface area contributed by atoms with E-state index in [1.165, 1.54) is 0 Å². The normalized spacial score (nSPS) is 9.75. The van der Waals surface area contributed by atoms with Crippen molar-refractivity contribution in [3.05, 3.63) is 39.7 Å². The second-order valence-electron chi connectivity index (χ2n) is 3.58. The number of nitrogen functional groups attached to an aromatic ring is 1. The highest BCUT2D eigenvalue weighted by molar-refractivity contribution is 5.87. The number of benzene rings is 1. The topological polar surface area (TPSA) is 58.9 Å². The first-order valence-corrected chi connectivity index (χ1v) is 5.47. The molecule has 0 bridgehead atoms. The number of pyridine rings is 1. The van der Waals surface area contributed by atoms with Gasteiger partial charge in [0.2, 0.25) is 5.56 Å². The number of H-pyrrole nitrogens is 1. The van der Waals surface area contributed by atoms with E-state index in [-0.39, 0.29) is 5.56 Å². The van der Waals surface area contributed by atoms with Crippen LogP contribution in [0.25, 0.3) is 10.9 Å². The predicted octanol–water partition coefficient (Wildman–Crippen LogP) is 2.75. The van der Waals surface area contributed by atoms with Crippen LogP contribution in [0.15, 0.2) is 23.0 Å². The smallest absolute Gasteiger partial charge is 0.248 e. The third kappa shape index (κ3) is 2.24. The minimum Gasteiger partial charge on any atom is -0.399 e. The van der Waals surface area contributed by atoms with Gasteiger partial charge < -0.3 is 10.7 Å². The Morgan fingerprint density at radius 2 is 1.69 bits per heavy atom. The van der Waals surface area contributed by atoms with Crippen LogP contribution in [0, 0.1) is 13.8 Å². The number of aromatic nitrogens is 1. The van der Waals surface area contributed by atoms with Crippen LogP contribution in [0.2, 0.25) is 0 Å². The molecule has 3 N–H and O–H groups in total. The van der Waals surface area contributed by atoms with Crippen molar-refractivity contribution in [1.29, 1.82) is 0 Å². The van der Waals surface area contributed by atoms with Crippen LogP contribution in [-0.4, -0.2) is 4.98 Å². The van der Waals surface area contributed by atoms with Crippen LogP contribution in [0.5, 0.6) is 0 Å². The second-order valence-corrected chi connectivity index (χ2v) is 3.58. The third-order valence-electron chi connectivity index (χ3n) is 2.38. The number of aromatic amines is 1. The quantitative estimate of drug-likeness (QED) is 0.668. The van der Waals surface area contributed by atoms with Crippen molar-refractivity contribution in [2.45, 2.75) is 27.7 Å². The van der Waals surface area contributed by atoms with E-state index in [0.29, 0.717) is 0 Å². The van der Waals surface area contributed by atoms with Crippen molar-refractivity contribution in [3.8, 4) is 0 Å². The molecule has 3 heteroatoms. The summed E-state index contributed by atoms with van der Waals surface area (Å²) in [7, 11) is 0. The fourth-order valence-corrected chi connectivity index (χ4v) is 1.73. The summed E-state index contributed by atoms with van der Waals surface area (Å²) in [6.45, 7) is 7.85. The summed E-state index contributed by atoms with van der Waals surface area (Å²) in [5, 5.41) is 1.02. The van der Waals surface area contributed by atoms with Gasteiger partial charge in [0.25, 0.3) is 0 Å². The molecule has 0 saturated heterocycles. The summed E-state index contributed by atoms with van der Waals surface area (Å²) >= 11 is 0. The van der Waals surface area contributed by atoms with E-state index in [0.717, 1.165) is 27.7 Å². The molecule has 2 aromatic rings. The standard InChI is InChI=1S/C11H12N2O.C2H6/c1-6-4-10(14)13-11-7(2)3-8(12)5-9(6)11;1-2/h3-5H,12H2,1-2H3,(H,13,14);1-2H3. The van der Waals surface area contributed by atoms with Gasteiger partial charge in [-0.2, -0.15) is 0 Å². The van der Waals surface area contributed by atoms with E-state index in [9.17, 15) is 4.79 Å². The van der Waals surface area contributed by atoms with Gasteiger partial charge in [-0.25, -0.2) is 0 Å². The summed E-state index contributed by atoms with van der Waals surface area (Å²) in [5.74, 6) is 0. The molecular formula is C13H18N2O. The third-order valence-corrected chi connectivity index (χ3v) is 2.38. The number of rotatable bonds is 0. The van der Waals surface area contributed by atoms with E-state index >= 15 is 0 Å². The number of fused-ring (bicyclic) bond motifs is 1. The molecule has 0 amide bonds. The highest BCUT2D eigenvalue weighted by Crippen LogP contribution is 2.21. The Balaban J connectivity index is 0.000000606. The van der Waals surface area contributed by atoms with Gasteiger partial charge >= 0.3 is 0 Å². The second kappa shape index (κ2) is 4.84. The van der Waals surface area contributed by atoms with Crippen molar-refractivity contribution in [2.24, 2.45) is 0 Å². The van der Waals surface area contributed by atoms with E-state index in [2.05, 4.69) is 4.98 Å². The minimum absolute atomic E-state index is 0.0668.